The van der Waals surface area contributed by atoms with Gasteiger partial charge in [-0.25, -0.2) is 0 Å². The van der Waals surface area contributed by atoms with E-state index >= 15 is 0 Å². The first-order valence-corrected chi connectivity index (χ1v) is 5.83. The Labute approximate surface area is 92.5 Å². The van der Waals surface area contributed by atoms with Crippen LogP contribution in [0, 0.1) is 6.92 Å². The topological polar surface area (TPSA) is 3.24 Å². The number of rotatable bonds is 5. The number of hydrogen-bond acceptors (Lipinski definition) is 2. The molecule has 0 bridgehead atoms. The van der Waals surface area contributed by atoms with Gasteiger partial charge in [-0.15, -0.1) is 0 Å². The third-order valence-electron chi connectivity index (χ3n) is 2.37. The highest BCUT2D eigenvalue weighted by atomic mass is 32.1. The number of aryl methyl sites for hydroxylation is 1. The predicted octanol–water partition coefficient (Wildman–Crippen LogP) is 3.14. The maximum Gasteiger partial charge on any atom is 0.0366 e. The van der Waals surface area contributed by atoms with Crippen LogP contribution >= 0.6 is 12.6 Å². The molecule has 0 N–H and O–H groups in total. The Morgan fingerprint density at radius 2 is 1.86 bits per heavy atom. The molecule has 0 radical (unpaired) electrons. The molecule has 0 unspecified atom stereocenters. The molecule has 0 atom stereocenters. The van der Waals surface area contributed by atoms with Gasteiger partial charge in [0.25, 0.3) is 0 Å². The molecule has 14 heavy (non-hydrogen) atoms. The fourth-order valence-corrected chi connectivity index (χ4v) is 1.63. The van der Waals surface area contributed by atoms with Gasteiger partial charge in [0.05, 0.1) is 0 Å². The monoisotopic (exact) mass is 209 g/mol. The minimum absolute atomic E-state index is 0.961. The molecule has 0 aromatic heterocycles. The van der Waals surface area contributed by atoms with E-state index in [1.54, 1.807) is 0 Å². The molecule has 0 saturated carbocycles. The first-order valence-electron chi connectivity index (χ1n) is 5.20. The third kappa shape index (κ3) is 3.26. The lowest BCUT2D eigenvalue weighted by atomic mass is 10.2. The molecule has 0 saturated heterocycles. The SMILES string of the molecule is CCN(CCCS)c1ccc(C)cc1. The van der Waals surface area contributed by atoms with Gasteiger partial charge < -0.3 is 4.90 Å². The lowest BCUT2D eigenvalue weighted by Gasteiger charge is -2.22. The lowest BCUT2D eigenvalue weighted by Crippen LogP contribution is -2.24. The number of nitrogens with zero attached hydrogens (tertiary/aromatic N) is 1. The Bertz CT molecular complexity index is 256. The van der Waals surface area contributed by atoms with Gasteiger partial charge in [-0.1, -0.05) is 17.7 Å². The van der Waals surface area contributed by atoms with Crippen molar-refractivity contribution >= 4 is 18.3 Å². The summed E-state index contributed by atoms with van der Waals surface area (Å²) in [5, 5.41) is 0. The molecule has 0 aliphatic rings. The van der Waals surface area contributed by atoms with Crippen molar-refractivity contribution < 1.29 is 0 Å². The Morgan fingerprint density at radius 3 is 2.36 bits per heavy atom. The lowest BCUT2D eigenvalue weighted by molar-refractivity contribution is 0.798. The molecule has 0 fully saturated rings. The van der Waals surface area contributed by atoms with Gasteiger partial charge in [0.2, 0.25) is 0 Å². The van der Waals surface area contributed by atoms with E-state index in [-0.39, 0.29) is 0 Å². The van der Waals surface area contributed by atoms with Crippen molar-refractivity contribution in [3.8, 4) is 0 Å². The molecular formula is C12H19NS. The van der Waals surface area contributed by atoms with E-state index in [9.17, 15) is 0 Å². The summed E-state index contributed by atoms with van der Waals surface area (Å²) < 4.78 is 0. The summed E-state index contributed by atoms with van der Waals surface area (Å²) in [6, 6.07) is 8.71. The minimum atomic E-state index is 0.961. The Balaban J connectivity index is 2.64. The highest BCUT2D eigenvalue weighted by molar-refractivity contribution is 7.80. The van der Waals surface area contributed by atoms with Crippen LogP contribution in [-0.4, -0.2) is 18.8 Å². The maximum absolute atomic E-state index is 4.24. The number of thiol groups is 1. The summed E-state index contributed by atoms with van der Waals surface area (Å²) in [7, 11) is 0. The van der Waals surface area contributed by atoms with Crippen molar-refractivity contribution in [3.63, 3.8) is 0 Å². The van der Waals surface area contributed by atoms with E-state index < -0.39 is 0 Å². The van der Waals surface area contributed by atoms with Crippen molar-refractivity contribution in [1.82, 2.24) is 0 Å². The molecule has 0 amide bonds. The van der Waals surface area contributed by atoms with Gasteiger partial charge in [-0.3, -0.25) is 0 Å². The average molecular weight is 209 g/mol. The fraction of sp³-hybridized carbons (Fsp3) is 0.500. The number of benzene rings is 1. The molecule has 1 aromatic carbocycles. The van der Waals surface area contributed by atoms with Crippen LogP contribution in [0.25, 0.3) is 0 Å². The molecule has 0 heterocycles. The predicted molar refractivity (Wildman–Crippen MR) is 67.5 cm³/mol. The molecule has 1 nitrogen and oxygen atoms in total. The van der Waals surface area contributed by atoms with Crippen LogP contribution in [0.2, 0.25) is 0 Å². The zero-order valence-corrected chi connectivity index (χ0v) is 9.93. The molecule has 0 aliphatic heterocycles. The Kier molecular flexibility index (Phi) is 4.88. The normalized spacial score (nSPS) is 10.2. The van der Waals surface area contributed by atoms with E-state index in [2.05, 4.69) is 55.6 Å². The van der Waals surface area contributed by atoms with Gasteiger partial charge in [0.15, 0.2) is 0 Å². The van der Waals surface area contributed by atoms with E-state index in [4.69, 9.17) is 0 Å². The van der Waals surface area contributed by atoms with Crippen LogP contribution in [-0.2, 0) is 0 Å². The van der Waals surface area contributed by atoms with Crippen molar-refractivity contribution in [2.45, 2.75) is 20.3 Å². The maximum atomic E-state index is 4.24. The summed E-state index contributed by atoms with van der Waals surface area (Å²) in [5.41, 5.74) is 2.64. The molecule has 1 aromatic rings. The van der Waals surface area contributed by atoms with Crippen molar-refractivity contribution in [2.24, 2.45) is 0 Å². The van der Waals surface area contributed by atoms with E-state index in [1.807, 2.05) is 0 Å². The molecule has 1 rings (SSSR count). The molecule has 78 valence electrons. The minimum Gasteiger partial charge on any atom is -0.372 e. The smallest absolute Gasteiger partial charge is 0.0366 e. The molecule has 0 aliphatic carbocycles. The standard InChI is InChI=1S/C12H19NS/c1-3-13(9-4-10-14)12-7-5-11(2)6-8-12/h5-8,14H,3-4,9-10H2,1-2H3. The summed E-state index contributed by atoms with van der Waals surface area (Å²) in [4.78, 5) is 2.38. The van der Waals surface area contributed by atoms with Gasteiger partial charge in [-0.2, -0.15) is 12.6 Å². The van der Waals surface area contributed by atoms with Crippen LogP contribution in [0.3, 0.4) is 0 Å². The quantitative estimate of drug-likeness (QED) is 0.729. The molecule has 0 spiro atoms. The van der Waals surface area contributed by atoms with E-state index in [0.29, 0.717) is 0 Å². The van der Waals surface area contributed by atoms with E-state index in [1.165, 1.54) is 11.3 Å². The fourth-order valence-electron chi connectivity index (χ4n) is 1.49. The molecular weight excluding hydrogens is 190 g/mol. The average Bonchev–Trinajstić information content (AvgIpc) is 2.21. The molecule has 2 heteroatoms. The third-order valence-corrected chi connectivity index (χ3v) is 2.68. The first-order chi connectivity index (χ1) is 6.77. The summed E-state index contributed by atoms with van der Waals surface area (Å²) >= 11 is 4.24. The van der Waals surface area contributed by atoms with Crippen LogP contribution in [0.5, 0.6) is 0 Å². The van der Waals surface area contributed by atoms with Crippen LogP contribution in [0.15, 0.2) is 24.3 Å². The summed E-state index contributed by atoms with van der Waals surface area (Å²) in [5.74, 6) is 0.961. The number of hydrogen-bond donors (Lipinski definition) is 1. The van der Waals surface area contributed by atoms with Gasteiger partial charge in [0.1, 0.15) is 0 Å². The van der Waals surface area contributed by atoms with Crippen molar-refractivity contribution in [2.75, 3.05) is 23.7 Å². The summed E-state index contributed by atoms with van der Waals surface area (Å²) in [6.07, 6.45) is 1.14. The Hall–Kier alpha value is -0.630. The zero-order chi connectivity index (χ0) is 10.4. The zero-order valence-electron chi connectivity index (χ0n) is 9.03. The highest BCUT2D eigenvalue weighted by Gasteiger charge is 2.01. The second-order valence-corrected chi connectivity index (χ2v) is 3.94. The second kappa shape index (κ2) is 5.97. The van der Waals surface area contributed by atoms with E-state index in [0.717, 1.165) is 25.3 Å². The second-order valence-electron chi connectivity index (χ2n) is 3.49. The highest BCUT2D eigenvalue weighted by Crippen LogP contribution is 2.14. The van der Waals surface area contributed by atoms with Crippen molar-refractivity contribution in [1.29, 1.82) is 0 Å². The van der Waals surface area contributed by atoms with Crippen molar-refractivity contribution in [3.05, 3.63) is 29.8 Å². The van der Waals surface area contributed by atoms with Crippen LogP contribution in [0.4, 0.5) is 5.69 Å². The first kappa shape index (κ1) is 11.4. The Morgan fingerprint density at radius 1 is 1.21 bits per heavy atom. The van der Waals surface area contributed by atoms with Gasteiger partial charge >= 0.3 is 0 Å². The summed E-state index contributed by atoms with van der Waals surface area (Å²) in [6.45, 7) is 6.48. The van der Waals surface area contributed by atoms with Gasteiger partial charge in [0, 0.05) is 18.8 Å². The van der Waals surface area contributed by atoms with Gasteiger partial charge in [-0.05, 0) is 38.2 Å². The number of anilines is 1. The van der Waals surface area contributed by atoms with Crippen LogP contribution in [0.1, 0.15) is 18.9 Å². The largest absolute Gasteiger partial charge is 0.372 e. The van der Waals surface area contributed by atoms with Crippen LogP contribution < -0.4 is 4.90 Å².